The summed E-state index contributed by atoms with van der Waals surface area (Å²) in [6, 6.07) is 2.40. The van der Waals surface area contributed by atoms with E-state index in [2.05, 4.69) is 11.8 Å². The van der Waals surface area contributed by atoms with Crippen molar-refractivity contribution in [3.05, 3.63) is 29.8 Å². The lowest BCUT2D eigenvalue weighted by molar-refractivity contribution is -0.142. The van der Waals surface area contributed by atoms with E-state index >= 15 is 0 Å². The van der Waals surface area contributed by atoms with E-state index in [-0.39, 0.29) is 30.0 Å². The average molecular weight is 416 g/mol. The minimum Gasteiger partial charge on any atom is -0.380 e. The summed E-state index contributed by atoms with van der Waals surface area (Å²) in [4.78, 5) is 2.03. The van der Waals surface area contributed by atoms with Gasteiger partial charge in [0.2, 0.25) is 10.0 Å². The molecule has 0 bridgehead atoms. The number of likely N-dealkylation sites (tertiary alicyclic amines) is 1. The fourth-order valence-electron chi connectivity index (χ4n) is 4.34. The van der Waals surface area contributed by atoms with Crippen molar-refractivity contribution < 1.29 is 26.7 Å². The topological polar surface area (TPSA) is 59.1 Å². The Hall–Kier alpha value is -1.13. The molecule has 3 heterocycles. The normalized spacial score (nSPS) is 25.5. The zero-order valence-corrected chi connectivity index (χ0v) is 16.8. The van der Waals surface area contributed by atoms with Crippen molar-refractivity contribution in [2.24, 2.45) is 5.41 Å². The quantitative estimate of drug-likeness (QED) is 0.750. The van der Waals surface area contributed by atoms with Gasteiger partial charge in [0.25, 0.3) is 0 Å². The molecule has 1 spiro atoms. The molecule has 0 atom stereocenters. The van der Waals surface area contributed by atoms with E-state index in [0.29, 0.717) is 6.07 Å². The van der Waals surface area contributed by atoms with Crippen LogP contribution in [0, 0.1) is 17.0 Å². The highest BCUT2D eigenvalue weighted by atomic mass is 32.2. The third kappa shape index (κ3) is 3.95. The van der Waals surface area contributed by atoms with Crippen LogP contribution in [-0.4, -0.2) is 75.8 Å². The van der Waals surface area contributed by atoms with Gasteiger partial charge in [0.1, 0.15) is 11.6 Å². The Morgan fingerprint density at radius 2 is 1.71 bits per heavy atom. The molecule has 6 nitrogen and oxygen atoms in total. The smallest absolute Gasteiger partial charge is 0.243 e. The maximum atomic E-state index is 13.5. The summed E-state index contributed by atoms with van der Waals surface area (Å²) in [7, 11) is -3.98. The molecule has 0 N–H and O–H groups in total. The van der Waals surface area contributed by atoms with E-state index in [0.717, 1.165) is 57.8 Å². The van der Waals surface area contributed by atoms with Crippen LogP contribution in [0.1, 0.15) is 19.8 Å². The van der Waals surface area contributed by atoms with E-state index in [1.165, 1.54) is 4.31 Å². The van der Waals surface area contributed by atoms with Crippen LogP contribution in [-0.2, 0) is 19.5 Å². The highest BCUT2D eigenvalue weighted by Crippen LogP contribution is 2.35. The molecule has 156 valence electrons. The average Bonchev–Trinajstić information content (AvgIpc) is 2.62. The first-order valence-electron chi connectivity index (χ1n) is 9.60. The molecule has 3 fully saturated rings. The number of piperidine rings is 1. The molecule has 0 aromatic heterocycles. The number of nitrogens with zero attached hydrogens (tertiary/aromatic N) is 2. The summed E-state index contributed by atoms with van der Waals surface area (Å²) in [6.07, 6.45) is 1.46. The predicted octanol–water partition coefficient (Wildman–Crippen LogP) is 1.86. The Morgan fingerprint density at radius 1 is 1.07 bits per heavy atom. The zero-order valence-electron chi connectivity index (χ0n) is 16.0. The molecule has 9 heteroatoms. The highest BCUT2D eigenvalue weighted by molar-refractivity contribution is 7.89. The van der Waals surface area contributed by atoms with Crippen molar-refractivity contribution >= 4 is 10.0 Å². The summed E-state index contributed by atoms with van der Waals surface area (Å²) < 4.78 is 65.6. The minimum atomic E-state index is -3.98. The van der Waals surface area contributed by atoms with E-state index in [1.807, 2.05) is 0 Å². The van der Waals surface area contributed by atoms with Crippen LogP contribution in [0.25, 0.3) is 0 Å². The maximum absolute atomic E-state index is 13.5. The van der Waals surface area contributed by atoms with E-state index in [4.69, 9.17) is 9.47 Å². The molecule has 4 rings (SSSR count). The molecule has 0 radical (unpaired) electrons. The van der Waals surface area contributed by atoms with E-state index in [1.54, 1.807) is 0 Å². The standard InChI is InChI=1S/C19H26F2N2O4S/c1-18(13-26-14-18)11-22-4-2-19(3-5-22)12-23(6-7-27-19)28(24,25)17-9-15(20)8-16(21)10-17/h8-10H,2-7,11-14H2,1H3. The molecule has 28 heavy (non-hydrogen) atoms. The van der Waals surface area contributed by atoms with Gasteiger partial charge in [0, 0.05) is 44.2 Å². The SMILES string of the molecule is CC1(CN2CCC3(CC2)CN(S(=O)(=O)c2cc(F)cc(F)c2)CCO3)COC1. The van der Waals surface area contributed by atoms with Gasteiger partial charge < -0.3 is 14.4 Å². The highest BCUT2D eigenvalue weighted by Gasteiger charge is 2.44. The summed E-state index contributed by atoms with van der Waals surface area (Å²) in [5, 5.41) is 0. The third-order valence-corrected chi connectivity index (χ3v) is 7.78. The zero-order chi connectivity index (χ0) is 20.0. The van der Waals surface area contributed by atoms with Gasteiger partial charge in [-0.2, -0.15) is 4.31 Å². The summed E-state index contributed by atoms with van der Waals surface area (Å²) in [5.74, 6) is -1.80. The molecule has 0 aliphatic carbocycles. The summed E-state index contributed by atoms with van der Waals surface area (Å²) >= 11 is 0. The van der Waals surface area contributed by atoms with Gasteiger partial charge in [-0.1, -0.05) is 6.92 Å². The Bertz CT molecular complexity index is 816. The van der Waals surface area contributed by atoms with Gasteiger partial charge in [0.15, 0.2) is 0 Å². The summed E-state index contributed by atoms with van der Waals surface area (Å²) in [6.45, 7) is 7.07. The summed E-state index contributed by atoms with van der Waals surface area (Å²) in [5.41, 5.74) is -0.334. The monoisotopic (exact) mass is 416 g/mol. The van der Waals surface area contributed by atoms with Crippen LogP contribution in [0.3, 0.4) is 0 Å². The number of morpholine rings is 1. The van der Waals surface area contributed by atoms with Crippen LogP contribution in [0.5, 0.6) is 0 Å². The van der Waals surface area contributed by atoms with Crippen molar-refractivity contribution in [3.8, 4) is 0 Å². The largest absolute Gasteiger partial charge is 0.380 e. The minimum absolute atomic E-state index is 0.182. The lowest BCUT2D eigenvalue weighted by Gasteiger charge is -2.49. The van der Waals surface area contributed by atoms with Crippen LogP contribution < -0.4 is 0 Å². The molecule has 0 unspecified atom stereocenters. The first kappa shape index (κ1) is 20.2. The van der Waals surface area contributed by atoms with Crippen molar-refractivity contribution in [2.75, 3.05) is 52.5 Å². The number of rotatable bonds is 4. The molecule has 1 aromatic rings. The van der Waals surface area contributed by atoms with Crippen molar-refractivity contribution in [1.82, 2.24) is 9.21 Å². The Labute approximate surface area is 164 Å². The van der Waals surface area contributed by atoms with Gasteiger partial charge in [-0.3, -0.25) is 0 Å². The Balaban J connectivity index is 1.44. The van der Waals surface area contributed by atoms with Gasteiger partial charge >= 0.3 is 0 Å². The van der Waals surface area contributed by atoms with Gasteiger partial charge in [0.05, 0.1) is 30.3 Å². The lowest BCUT2D eigenvalue weighted by Crippen LogP contribution is -2.59. The van der Waals surface area contributed by atoms with Crippen molar-refractivity contribution in [1.29, 1.82) is 0 Å². The van der Waals surface area contributed by atoms with Gasteiger partial charge in [-0.05, 0) is 25.0 Å². The molecule has 3 saturated heterocycles. The molecule has 0 amide bonds. The lowest BCUT2D eigenvalue weighted by atomic mass is 9.85. The second kappa shape index (κ2) is 7.28. The van der Waals surface area contributed by atoms with E-state index in [9.17, 15) is 17.2 Å². The number of benzene rings is 1. The molecule has 0 saturated carbocycles. The van der Waals surface area contributed by atoms with Gasteiger partial charge in [-0.25, -0.2) is 17.2 Å². The number of ether oxygens (including phenoxy) is 2. The van der Waals surface area contributed by atoms with Crippen LogP contribution in [0.15, 0.2) is 23.1 Å². The maximum Gasteiger partial charge on any atom is 0.243 e. The fourth-order valence-corrected chi connectivity index (χ4v) is 5.89. The Morgan fingerprint density at radius 3 is 2.29 bits per heavy atom. The first-order valence-corrected chi connectivity index (χ1v) is 11.0. The third-order valence-electron chi connectivity index (χ3n) is 5.96. The Kier molecular flexibility index (Phi) is 5.24. The predicted molar refractivity (Wildman–Crippen MR) is 98.4 cm³/mol. The molecule has 1 aromatic carbocycles. The number of hydrogen-bond acceptors (Lipinski definition) is 5. The van der Waals surface area contributed by atoms with Crippen LogP contribution in [0.4, 0.5) is 8.78 Å². The van der Waals surface area contributed by atoms with Crippen molar-refractivity contribution in [2.45, 2.75) is 30.3 Å². The number of sulfonamides is 1. The van der Waals surface area contributed by atoms with Crippen LogP contribution >= 0.6 is 0 Å². The molecular weight excluding hydrogens is 390 g/mol. The van der Waals surface area contributed by atoms with Gasteiger partial charge in [-0.15, -0.1) is 0 Å². The van der Waals surface area contributed by atoms with Crippen molar-refractivity contribution in [3.63, 3.8) is 0 Å². The number of hydrogen-bond donors (Lipinski definition) is 0. The second-order valence-electron chi connectivity index (χ2n) is 8.55. The molecule has 3 aliphatic rings. The second-order valence-corrected chi connectivity index (χ2v) is 10.5. The molecule has 3 aliphatic heterocycles. The fraction of sp³-hybridized carbons (Fsp3) is 0.684. The number of halogens is 2. The molecular formula is C19H26F2N2O4S. The first-order chi connectivity index (χ1) is 13.2. The van der Waals surface area contributed by atoms with E-state index < -0.39 is 27.3 Å². The van der Waals surface area contributed by atoms with Crippen LogP contribution in [0.2, 0.25) is 0 Å².